The second-order valence-electron chi connectivity index (χ2n) is 6.23. The second kappa shape index (κ2) is 8.81. The van der Waals surface area contributed by atoms with Crippen LogP contribution >= 0.6 is 35.6 Å². The van der Waals surface area contributed by atoms with Crippen LogP contribution in [0, 0.1) is 6.92 Å². The molecule has 3 nitrogen and oxygen atoms in total. The molecule has 1 aromatic heterocycles. The lowest BCUT2D eigenvalue weighted by Gasteiger charge is -2.15. The first-order valence-electron chi connectivity index (χ1n) is 8.19. The van der Waals surface area contributed by atoms with Crippen molar-refractivity contribution in [3.63, 3.8) is 0 Å². The predicted molar refractivity (Wildman–Crippen MR) is 113 cm³/mol. The molecule has 3 rings (SSSR count). The van der Waals surface area contributed by atoms with Crippen LogP contribution in [0.1, 0.15) is 25.1 Å². The highest BCUT2D eigenvalue weighted by molar-refractivity contribution is 6.42. The van der Waals surface area contributed by atoms with Gasteiger partial charge in [0.25, 0.3) is 0 Å². The van der Waals surface area contributed by atoms with Crippen LogP contribution in [0.4, 0.5) is 5.69 Å². The van der Waals surface area contributed by atoms with E-state index in [1.807, 2.05) is 63.2 Å². The summed E-state index contributed by atoms with van der Waals surface area (Å²) in [6, 6.07) is 13.7. The summed E-state index contributed by atoms with van der Waals surface area (Å²) >= 11 is 12.1. The first-order chi connectivity index (χ1) is 11.9. The summed E-state index contributed by atoms with van der Waals surface area (Å²) < 4.78 is 5.91. The van der Waals surface area contributed by atoms with Gasteiger partial charge < -0.3 is 10.1 Å². The molecule has 0 fully saturated rings. The number of hydrogen-bond donors (Lipinski definition) is 1. The van der Waals surface area contributed by atoms with Crippen molar-refractivity contribution in [1.82, 2.24) is 4.98 Å². The van der Waals surface area contributed by atoms with Gasteiger partial charge in [-0.15, -0.1) is 12.4 Å². The molecule has 1 heterocycles. The van der Waals surface area contributed by atoms with E-state index >= 15 is 0 Å². The summed E-state index contributed by atoms with van der Waals surface area (Å²) in [5.74, 6) is 0.800. The van der Waals surface area contributed by atoms with Gasteiger partial charge >= 0.3 is 0 Å². The quantitative estimate of drug-likeness (QED) is 0.509. The molecule has 2 aromatic carbocycles. The second-order valence-corrected chi connectivity index (χ2v) is 7.05. The fourth-order valence-corrected chi connectivity index (χ4v) is 3.01. The number of pyridine rings is 1. The number of hydrogen-bond acceptors (Lipinski definition) is 3. The third-order valence-electron chi connectivity index (χ3n) is 3.76. The van der Waals surface area contributed by atoms with Gasteiger partial charge in [0, 0.05) is 23.3 Å². The number of ether oxygens (including phenoxy) is 1. The molecule has 3 aromatic rings. The topological polar surface area (TPSA) is 34.1 Å². The largest absolute Gasteiger partial charge is 0.489 e. The van der Waals surface area contributed by atoms with Crippen molar-refractivity contribution in [2.45, 2.75) is 33.4 Å². The minimum absolute atomic E-state index is 0. The molecule has 0 bridgehead atoms. The van der Waals surface area contributed by atoms with Crippen molar-refractivity contribution < 1.29 is 4.74 Å². The normalized spacial score (nSPS) is 10.7. The first kappa shape index (κ1) is 20.6. The number of halogens is 3. The Bertz CT molecular complexity index is 913. The predicted octanol–water partition coefficient (Wildman–Crippen LogP) is 6.67. The number of anilines is 1. The number of rotatable bonds is 5. The van der Waals surface area contributed by atoms with Crippen molar-refractivity contribution in [2.75, 3.05) is 5.32 Å². The summed E-state index contributed by atoms with van der Waals surface area (Å²) in [4.78, 5) is 4.67. The van der Waals surface area contributed by atoms with Crippen LogP contribution in [0.25, 0.3) is 10.9 Å². The van der Waals surface area contributed by atoms with E-state index in [4.69, 9.17) is 27.9 Å². The molecule has 0 amide bonds. The van der Waals surface area contributed by atoms with Crippen LogP contribution in [0.3, 0.4) is 0 Å². The monoisotopic (exact) mass is 410 g/mol. The number of benzene rings is 2. The van der Waals surface area contributed by atoms with Crippen LogP contribution in [-0.4, -0.2) is 11.1 Å². The third-order valence-corrected chi connectivity index (χ3v) is 4.50. The number of aryl methyl sites for hydroxylation is 1. The summed E-state index contributed by atoms with van der Waals surface area (Å²) in [5, 5.41) is 5.63. The summed E-state index contributed by atoms with van der Waals surface area (Å²) in [7, 11) is 0. The van der Waals surface area contributed by atoms with E-state index < -0.39 is 0 Å². The van der Waals surface area contributed by atoms with E-state index in [0.717, 1.165) is 33.6 Å². The van der Waals surface area contributed by atoms with Gasteiger partial charge in [0.15, 0.2) is 0 Å². The Hall–Kier alpha value is -1.68. The SMILES string of the molecule is Cc1cc(NCc2ccc(Cl)c(Cl)c2)c2cccc(OC(C)C)c2n1.Cl. The van der Waals surface area contributed by atoms with E-state index in [-0.39, 0.29) is 18.5 Å². The smallest absolute Gasteiger partial charge is 0.145 e. The van der Waals surface area contributed by atoms with Crippen LogP contribution in [0.5, 0.6) is 5.75 Å². The maximum Gasteiger partial charge on any atom is 0.145 e. The summed E-state index contributed by atoms with van der Waals surface area (Å²) in [6.45, 7) is 6.65. The van der Waals surface area contributed by atoms with Gasteiger partial charge in [-0.05, 0) is 50.6 Å². The van der Waals surface area contributed by atoms with Crippen LogP contribution in [0.15, 0.2) is 42.5 Å². The molecular weight excluding hydrogens is 391 g/mol. The van der Waals surface area contributed by atoms with Gasteiger partial charge in [-0.25, -0.2) is 4.98 Å². The maximum atomic E-state index is 6.10. The van der Waals surface area contributed by atoms with Gasteiger partial charge in [0.2, 0.25) is 0 Å². The summed E-state index contributed by atoms with van der Waals surface area (Å²) in [6.07, 6.45) is 0.0977. The van der Waals surface area contributed by atoms with Crippen molar-refractivity contribution in [3.05, 3.63) is 63.8 Å². The first-order valence-corrected chi connectivity index (χ1v) is 8.94. The Morgan fingerprint density at radius 3 is 2.54 bits per heavy atom. The standard InChI is InChI=1S/C20H20Cl2N2O.ClH/c1-12(2)25-19-6-4-5-15-18(9-13(3)24-20(15)19)23-11-14-7-8-16(21)17(22)10-14;/h4-10,12H,11H2,1-3H3,(H,23,24);1H. The molecule has 0 radical (unpaired) electrons. The Balaban J connectivity index is 0.00000243. The van der Waals surface area contributed by atoms with E-state index in [9.17, 15) is 0 Å². The molecule has 138 valence electrons. The molecule has 0 aliphatic carbocycles. The van der Waals surface area contributed by atoms with Gasteiger partial charge in [-0.1, -0.05) is 41.4 Å². The number of nitrogens with one attached hydrogen (secondary N) is 1. The van der Waals surface area contributed by atoms with E-state index in [1.54, 1.807) is 0 Å². The molecule has 0 atom stereocenters. The van der Waals surface area contributed by atoms with Crippen LogP contribution in [-0.2, 0) is 6.54 Å². The molecule has 6 heteroatoms. The molecule has 0 saturated carbocycles. The highest BCUT2D eigenvalue weighted by atomic mass is 35.5. The van der Waals surface area contributed by atoms with E-state index in [2.05, 4.69) is 10.3 Å². The zero-order valence-corrected chi connectivity index (χ0v) is 17.2. The molecule has 26 heavy (non-hydrogen) atoms. The number of aromatic nitrogens is 1. The fourth-order valence-electron chi connectivity index (χ4n) is 2.69. The lowest BCUT2D eigenvalue weighted by molar-refractivity contribution is 0.245. The summed E-state index contributed by atoms with van der Waals surface area (Å²) in [5.41, 5.74) is 3.88. The molecule has 0 aliphatic rings. The highest BCUT2D eigenvalue weighted by Crippen LogP contribution is 2.31. The highest BCUT2D eigenvalue weighted by Gasteiger charge is 2.10. The molecule has 0 spiro atoms. The average molecular weight is 412 g/mol. The van der Waals surface area contributed by atoms with Crippen molar-refractivity contribution in [1.29, 1.82) is 0 Å². The van der Waals surface area contributed by atoms with Crippen molar-refractivity contribution in [3.8, 4) is 5.75 Å². The van der Waals surface area contributed by atoms with Crippen molar-refractivity contribution >= 4 is 52.2 Å². The minimum atomic E-state index is 0. The van der Waals surface area contributed by atoms with E-state index in [1.165, 1.54) is 0 Å². The average Bonchev–Trinajstić information content (AvgIpc) is 2.56. The molecule has 0 unspecified atom stereocenters. The van der Waals surface area contributed by atoms with Crippen LogP contribution in [0.2, 0.25) is 10.0 Å². The van der Waals surface area contributed by atoms with E-state index in [0.29, 0.717) is 16.6 Å². The molecule has 0 aliphatic heterocycles. The number of nitrogens with zero attached hydrogens (tertiary/aromatic N) is 1. The minimum Gasteiger partial charge on any atom is -0.489 e. The fraction of sp³-hybridized carbons (Fsp3) is 0.250. The maximum absolute atomic E-state index is 6.10. The lowest BCUT2D eigenvalue weighted by atomic mass is 10.1. The van der Waals surface area contributed by atoms with Gasteiger partial charge in [0.1, 0.15) is 11.3 Å². The Morgan fingerprint density at radius 2 is 1.85 bits per heavy atom. The van der Waals surface area contributed by atoms with Crippen molar-refractivity contribution in [2.24, 2.45) is 0 Å². The van der Waals surface area contributed by atoms with Gasteiger partial charge in [0.05, 0.1) is 16.1 Å². The van der Waals surface area contributed by atoms with Gasteiger partial charge in [-0.3, -0.25) is 0 Å². The Morgan fingerprint density at radius 1 is 1.08 bits per heavy atom. The zero-order chi connectivity index (χ0) is 18.0. The molecular formula is C20H21Cl3N2O. The number of para-hydroxylation sites is 1. The third kappa shape index (κ3) is 4.73. The Labute approximate surface area is 170 Å². The molecule has 1 N–H and O–H groups in total. The van der Waals surface area contributed by atoms with Crippen LogP contribution < -0.4 is 10.1 Å². The lowest BCUT2D eigenvalue weighted by Crippen LogP contribution is -2.07. The number of fused-ring (bicyclic) bond motifs is 1. The molecule has 0 saturated heterocycles. The Kier molecular flexibility index (Phi) is 6.99. The zero-order valence-electron chi connectivity index (χ0n) is 14.8. The van der Waals surface area contributed by atoms with Gasteiger partial charge in [-0.2, -0.15) is 0 Å².